The van der Waals surface area contributed by atoms with Crippen molar-refractivity contribution in [1.29, 1.82) is 0 Å². The molecule has 33 heavy (non-hydrogen) atoms. The molecule has 2 N–H and O–H groups in total. The third-order valence-corrected chi connectivity index (χ3v) is 4.81. The molecule has 1 aromatic heterocycles. The Hall–Kier alpha value is -4.14. The van der Waals surface area contributed by atoms with Crippen LogP contribution in [0.2, 0.25) is 0 Å². The number of para-hydroxylation sites is 1. The summed E-state index contributed by atoms with van der Waals surface area (Å²) < 4.78 is 45.0. The van der Waals surface area contributed by atoms with E-state index in [1.165, 1.54) is 18.2 Å². The highest BCUT2D eigenvalue weighted by molar-refractivity contribution is 6.00. The van der Waals surface area contributed by atoms with E-state index in [0.29, 0.717) is 29.5 Å². The highest BCUT2D eigenvalue weighted by atomic mass is 19.4. The van der Waals surface area contributed by atoms with Crippen molar-refractivity contribution in [2.24, 2.45) is 0 Å². The molecule has 4 aromatic rings. The number of carbonyl (C=O) groups is 1. The molecule has 4 rings (SSSR count). The number of rotatable bonds is 5. The SMILES string of the molecule is Cc1ccc(Cc2nnc(-c3ccc(NC(=O)Nc4ccccc4C(F)(F)F)cc3)o2)cc1. The topological polar surface area (TPSA) is 80.0 Å². The van der Waals surface area contributed by atoms with E-state index in [2.05, 4.69) is 20.8 Å². The maximum absolute atomic E-state index is 13.1. The molecule has 0 unspecified atom stereocenters. The standard InChI is InChI=1S/C24H19F3N4O2/c1-15-6-8-16(9-7-15)14-21-30-31-22(33-21)17-10-12-18(13-11-17)28-23(32)29-20-5-3-2-4-19(20)24(25,26)27/h2-13H,14H2,1H3,(H2,28,29,32). The van der Waals surface area contributed by atoms with Gasteiger partial charge in [0.2, 0.25) is 11.8 Å². The van der Waals surface area contributed by atoms with Gasteiger partial charge in [0, 0.05) is 11.3 Å². The Morgan fingerprint density at radius 1 is 0.909 bits per heavy atom. The Bertz CT molecular complexity index is 1250. The van der Waals surface area contributed by atoms with Crippen LogP contribution in [0.15, 0.2) is 77.2 Å². The second kappa shape index (κ2) is 9.15. The lowest BCUT2D eigenvalue weighted by molar-refractivity contribution is -0.136. The van der Waals surface area contributed by atoms with Gasteiger partial charge in [-0.3, -0.25) is 0 Å². The molecule has 1 heterocycles. The molecular weight excluding hydrogens is 433 g/mol. The summed E-state index contributed by atoms with van der Waals surface area (Å²) in [5.41, 5.74) is 2.00. The smallest absolute Gasteiger partial charge is 0.418 e. The fraction of sp³-hybridized carbons (Fsp3) is 0.125. The Balaban J connectivity index is 1.39. The molecule has 0 aliphatic heterocycles. The van der Waals surface area contributed by atoms with Gasteiger partial charge in [0.1, 0.15) is 0 Å². The number of hydrogen-bond acceptors (Lipinski definition) is 4. The van der Waals surface area contributed by atoms with E-state index < -0.39 is 17.8 Å². The summed E-state index contributed by atoms with van der Waals surface area (Å²) in [6.45, 7) is 2.01. The van der Waals surface area contributed by atoms with Gasteiger partial charge in [-0.1, -0.05) is 42.0 Å². The predicted molar refractivity (Wildman–Crippen MR) is 118 cm³/mol. The van der Waals surface area contributed by atoms with Crippen molar-refractivity contribution in [3.8, 4) is 11.5 Å². The van der Waals surface area contributed by atoms with Gasteiger partial charge in [0.05, 0.1) is 17.7 Å². The van der Waals surface area contributed by atoms with Gasteiger partial charge in [-0.2, -0.15) is 13.2 Å². The molecule has 0 fully saturated rings. The van der Waals surface area contributed by atoms with Crippen molar-refractivity contribution in [3.63, 3.8) is 0 Å². The van der Waals surface area contributed by atoms with Crippen LogP contribution in [-0.4, -0.2) is 16.2 Å². The van der Waals surface area contributed by atoms with Crippen LogP contribution >= 0.6 is 0 Å². The number of benzene rings is 3. The lowest BCUT2D eigenvalue weighted by Gasteiger charge is -2.14. The van der Waals surface area contributed by atoms with Gasteiger partial charge in [-0.15, -0.1) is 10.2 Å². The van der Waals surface area contributed by atoms with Crippen LogP contribution in [0, 0.1) is 6.92 Å². The molecule has 0 atom stereocenters. The summed E-state index contributed by atoms with van der Waals surface area (Å²) in [6.07, 6.45) is -4.07. The lowest BCUT2D eigenvalue weighted by Crippen LogP contribution is -2.21. The monoisotopic (exact) mass is 452 g/mol. The van der Waals surface area contributed by atoms with Crippen molar-refractivity contribution in [2.75, 3.05) is 10.6 Å². The van der Waals surface area contributed by atoms with E-state index in [1.807, 2.05) is 31.2 Å². The zero-order chi connectivity index (χ0) is 23.4. The average Bonchev–Trinajstić information content (AvgIpc) is 3.24. The zero-order valence-corrected chi connectivity index (χ0v) is 17.5. The number of nitrogens with zero attached hydrogens (tertiary/aromatic N) is 2. The first-order chi connectivity index (χ1) is 15.8. The number of carbonyl (C=O) groups excluding carboxylic acids is 1. The number of aromatic nitrogens is 2. The first kappa shape index (κ1) is 22.1. The first-order valence-electron chi connectivity index (χ1n) is 10.0. The minimum atomic E-state index is -4.58. The Morgan fingerprint density at radius 2 is 1.61 bits per heavy atom. The van der Waals surface area contributed by atoms with Gasteiger partial charge in [0.25, 0.3) is 0 Å². The molecule has 6 nitrogen and oxygen atoms in total. The lowest BCUT2D eigenvalue weighted by atomic mass is 10.1. The van der Waals surface area contributed by atoms with Crippen molar-refractivity contribution < 1.29 is 22.4 Å². The van der Waals surface area contributed by atoms with Crippen molar-refractivity contribution in [3.05, 3.63) is 95.4 Å². The third-order valence-electron chi connectivity index (χ3n) is 4.81. The quantitative estimate of drug-likeness (QED) is 0.373. The molecule has 0 radical (unpaired) electrons. The van der Waals surface area contributed by atoms with Gasteiger partial charge >= 0.3 is 12.2 Å². The van der Waals surface area contributed by atoms with Crippen LogP contribution in [0.3, 0.4) is 0 Å². The van der Waals surface area contributed by atoms with E-state index in [-0.39, 0.29) is 5.69 Å². The molecule has 9 heteroatoms. The summed E-state index contributed by atoms with van der Waals surface area (Å²) in [4.78, 5) is 12.2. The van der Waals surface area contributed by atoms with Crippen LogP contribution in [0.4, 0.5) is 29.3 Å². The number of halogens is 3. The number of aryl methyl sites for hydroxylation is 1. The number of amides is 2. The second-order valence-electron chi connectivity index (χ2n) is 7.36. The summed E-state index contributed by atoms with van der Waals surface area (Å²) in [6, 6.07) is 18.5. The second-order valence-corrected chi connectivity index (χ2v) is 7.36. The van der Waals surface area contributed by atoms with E-state index >= 15 is 0 Å². The summed E-state index contributed by atoms with van der Waals surface area (Å²) in [5.74, 6) is 0.797. The van der Waals surface area contributed by atoms with Crippen LogP contribution in [0.5, 0.6) is 0 Å². The minimum Gasteiger partial charge on any atom is -0.420 e. The maximum atomic E-state index is 13.1. The fourth-order valence-electron chi connectivity index (χ4n) is 3.14. The van der Waals surface area contributed by atoms with Gasteiger partial charge in [0.15, 0.2) is 0 Å². The van der Waals surface area contributed by atoms with E-state index in [4.69, 9.17) is 4.42 Å². The normalized spacial score (nSPS) is 11.3. The number of anilines is 2. The molecule has 0 bridgehead atoms. The minimum absolute atomic E-state index is 0.326. The molecule has 0 saturated carbocycles. The predicted octanol–water partition coefficient (Wildman–Crippen LogP) is 6.30. The highest BCUT2D eigenvalue weighted by Gasteiger charge is 2.33. The summed E-state index contributed by atoms with van der Waals surface area (Å²) in [5, 5.41) is 12.9. The molecule has 2 amide bonds. The molecule has 0 spiro atoms. The Kier molecular flexibility index (Phi) is 6.12. The average molecular weight is 452 g/mol. The van der Waals surface area contributed by atoms with Crippen LogP contribution in [-0.2, 0) is 12.6 Å². The van der Waals surface area contributed by atoms with Gasteiger partial charge in [-0.25, -0.2) is 4.79 Å². The zero-order valence-electron chi connectivity index (χ0n) is 17.5. The molecule has 3 aromatic carbocycles. The van der Waals surface area contributed by atoms with E-state index in [9.17, 15) is 18.0 Å². The van der Waals surface area contributed by atoms with Gasteiger partial charge in [-0.05, 0) is 48.9 Å². The summed E-state index contributed by atoms with van der Waals surface area (Å²) >= 11 is 0. The number of hydrogen-bond donors (Lipinski definition) is 2. The Labute approximate surface area is 187 Å². The first-order valence-corrected chi connectivity index (χ1v) is 10.0. The fourth-order valence-corrected chi connectivity index (χ4v) is 3.14. The van der Waals surface area contributed by atoms with Gasteiger partial charge < -0.3 is 15.1 Å². The van der Waals surface area contributed by atoms with Crippen molar-refractivity contribution in [2.45, 2.75) is 19.5 Å². The van der Waals surface area contributed by atoms with Crippen molar-refractivity contribution in [1.82, 2.24) is 10.2 Å². The van der Waals surface area contributed by atoms with Crippen molar-refractivity contribution >= 4 is 17.4 Å². The number of urea groups is 1. The largest absolute Gasteiger partial charge is 0.420 e. The van der Waals surface area contributed by atoms with E-state index in [1.54, 1.807) is 24.3 Å². The molecule has 168 valence electrons. The summed E-state index contributed by atoms with van der Waals surface area (Å²) in [7, 11) is 0. The van der Waals surface area contributed by atoms with Crippen LogP contribution in [0.1, 0.15) is 22.6 Å². The van der Waals surface area contributed by atoms with Crippen LogP contribution < -0.4 is 10.6 Å². The number of alkyl halides is 3. The molecular formula is C24H19F3N4O2. The van der Waals surface area contributed by atoms with Crippen LogP contribution in [0.25, 0.3) is 11.5 Å². The third kappa shape index (κ3) is 5.57. The number of nitrogens with one attached hydrogen (secondary N) is 2. The van der Waals surface area contributed by atoms with E-state index in [0.717, 1.165) is 17.2 Å². The molecule has 0 aliphatic rings. The maximum Gasteiger partial charge on any atom is 0.418 e. The molecule has 0 aliphatic carbocycles. The highest BCUT2D eigenvalue weighted by Crippen LogP contribution is 2.34. The Morgan fingerprint density at radius 3 is 2.30 bits per heavy atom. The molecule has 0 saturated heterocycles.